The van der Waals surface area contributed by atoms with E-state index in [-0.39, 0.29) is 0 Å². The highest BCUT2D eigenvalue weighted by Crippen LogP contribution is 2.28. The van der Waals surface area contributed by atoms with Gasteiger partial charge in [-0.2, -0.15) is 0 Å². The van der Waals surface area contributed by atoms with Crippen LogP contribution >= 0.6 is 0 Å². The van der Waals surface area contributed by atoms with E-state index in [4.69, 9.17) is 0 Å². The fourth-order valence-electron chi connectivity index (χ4n) is 2.76. The third kappa shape index (κ3) is 4.46. The van der Waals surface area contributed by atoms with Crippen molar-refractivity contribution in [3.63, 3.8) is 0 Å². The largest absolute Gasteiger partial charge is 0.480 e. The van der Waals surface area contributed by atoms with Gasteiger partial charge in [-0.3, -0.25) is 10.1 Å². The Hall–Kier alpha value is -0.610. The van der Waals surface area contributed by atoms with E-state index in [2.05, 4.69) is 17.1 Å². The Morgan fingerprint density at radius 1 is 1.32 bits per heavy atom. The number of carbonyl (C=O) groups is 1. The van der Waals surface area contributed by atoms with Crippen LogP contribution < -0.4 is 5.32 Å². The number of carboxylic acids is 1. The molecule has 2 N–H and O–H groups in total. The van der Waals surface area contributed by atoms with Crippen LogP contribution in [0.3, 0.4) is 0 Å². The maximum absolute atomic E-state index is 11.5. The fourth-order valence-corrected chi connectivity index (χ4v) is 2.76. The Kier molecular flexibility index (Phi) is 4.85. The first-order chi connectivity index (χ1) is 9.05. The van der Waals surface area contributed by atoms with Gasteiger partial charge in [0.1, 0.15) is 5.54 Å². The minimum absolute atomic E-state index is 0.441. The van der Waals surface area contributed by atoms with Crippen LogP contribution in [0.4, 0.5) is 0 Å². The monoisotopic (exact) mass is 268 g/mol. The summed E-state index contributed by atoms with van der Waals surface area (Å²) >= 11 is 0. The molecule has 0 saturated heterocycles. The highest BCUT2D eigenvalue weighted by molar-refractivity contribution is 5.78. The number of hydrogen-bond donors (Lipinski definition) is 2. The van der Waals surface area contributed by atoms with E-state index < -0.39 is 11.5 Å². The quantitative estimate of drug-likeness (QED) is 0.638. The molecule has 0 aromatic carbocycles. The summed E-state index contributed by atoms with van der Waals surface area (Å²) in [5.41, 5.74) is -0.734. The Balaban J connectivity index is 1.75. The molecule has 0 amide bonds. The van der Waals surface area contributed by atoms with E-state index in [9.17, 15) is 9.90 Å². The number of hydrogen-bond acceptors (Lipinski definition) is 3. The summed E-state index contributed by atoms with van der Waals surface area (Å²) in [6.45, 7) is 6.26. The first kappa shape index (κ1) is 14.8. The van der Waals surface area contributed by atoms with Gasteiger partial charge in [0.2, 0.25) is 0 Å². The van der Waals surface area contributed by atoms with Gasteiger partial charge in [-0.05, 0) is 65.0 Å². The van der Waals surface area contributed by atoms with Crippen molar-refractivity contribution in [1.82, 2.24) is 10.2 Å². The highest BCUT2D eigenvalue weighted by Gasteiger charge is 2.38. The smallest absolute Gasteiger partial charge is 0.323 e. The summed E-state index contributed by atoms with van der Waals surface area (Å²) in [5, 5.41) is 12.7. The lowest BCUT2D eigenvalue weighted by molar-refractivity contribution is -0.144. The molecule has 0 heterocycles. The normalized spacial score (nSPS) is 22.5. The van der Waals surface area contributed by atoms with Crippen molar-refractivity contribution >= 4 is 5.97 Å². The van der Waals surface area contributed by atoms with Crippen molar-refractivity contribution < 1.29 is 9.90 Å². The number of carboxylic acid groups (broad SMARTS) is 1. The van der Waals surface area contributed by atoms with Crippen molar-refractivity contribution in [2.75, 3.05) is 13.1 Å². The molecule has 2 aliphatic carbocycles. The van der Waals surface area contributed by atoms with Gasteiger partial charge < -0.3 is 10.0 Å². The molecule has 110 valence electrons. The summed E-state index contributed by atoms with van der Waals surface area (Å²) in [6.07, 6.45) is 7.81. The van der Waals surface area contributed by atoms with Crippen LogP contribution in [0, 0.1) is 0 Å². The van der Waals surface area contributed by atoms with Crippen LogP contribution in [0.25, 0.3) is 0 Å². The second kappa shape index (κ2) is 6.23. The second-order valence-electron chi connectivity index (χ2n) is 6.43. The van der Waals surface area contributed by atoms with Gasteiger partial charge >= 0.3 is 5.97 Å². The maximum Gasteiger partial charge on any atom is 0.323 e. The van der Waals surface area contributed by atoms with Crippen LogP contribution in [-0.4, -0.2) is 46.7 Å². The van der Waals surface area contributed by atoms with Crippen molar-refractivity contribution in [3.05, 3.63) is 0 Å². The molecule has 0 spiro atoms. The number of aliphatic carboxylic acids is 1. The molecule has 0 aromatic rings. The van der Waals surface area contributed by atoms with Crippen LogP contribution in [0.5, 0.6) is 0 Å². The summed E-state index contributed by atoms with van der Waals surface area (Å²) in [7, 11) is 0. The minimum Gasteiger partial charge on any atom is -0.480 e. The Morgan fingerprint density at radius 2 is 2.00 bits per heavy atom. The molecular weight excluding hydrogens is 240 g/mol. The molecule has 0 aromatic heterocycles. The SMILES string of the molecule is CCCN(CCCC(C)(NC1CC1)C(=O)O)C1CC1. The zero-order valence-corrected chi connectivity index (χ0v) is 12.3. The first-order valence-electron chi connectivity index (χ1n) is 7.80. The standard InChI is InChI=1S/C15H28N2O2/c1-3-10-17(13-7-8-13)11-4-9-15(2,14(18)19)16-12-5-6-12/h12-13,16H,3-11H2,1-2H3,(H,18,19). The molecule has 2 aliphatic rings. The lowest BCUT2D eigenvalue weighted by Gasteiger charge is -2.28. The van der Waals surface area contributed by atoms with Gasteiger partial charge in [-0.25, -0.2) is 0 Å². The van der Waals surface area contributed by atoms with Crippen molar-refractivity contribution in [2.24, 2.45) is 0 Å². The summed E-state index contributed by atoms with van der Waals surface area (Å²) in [6, 6.07) is 1.23. The van der Waals surface area contributed by atoms with E-state index in [0.717, 1.165) is 44.8 Å². The Bertz CT molecular complexity index is 313. The van der Waals surface area contributed by atoms with Crippen molar-refractivity contribution in [3.8, 4) is 0 Å². The van der Waals surface area contributed by atoms with Crippen LogP contribution in [-0.2, 0) is 4.79 Å². The number of nitrogens with one attached hydrogen (secondary N) is 1. The molecule has 4 nitrogen and oxygen atoms in total. The molecule has 2 rings (SSSR count). The molecule has 19 heavy (non-hydrogen) atoms. The summed E-state index contributed by atoms with van der Waals surface area (Å²) < 4.78 is 0. The molecule has 0 bridgehead atoms. The number of rotatable bonds is 10. The Labute approximate surface area is 116 Å². The zero-order chi connectivity index (χ0) is 13.9. The predicted molar refractivity (Wildman–Crippen MR) is 76.3 cm³/mol. The Morgan fingerprint density at radius 3 is 2.47 bits per heavy atom. The molecule has 0 radical (unpaired) electrons. The zero-order valence-electron chi connectivity index (χ0n) is 12.3. The van der Waals surface area contributed by atoms with E-state index in [0.29, 0.717) is 6.04 Å². The predicted octanol–water partition coefficient (Wildman–Crippen LogP) is 2.24. The lowest BCUT2D eigenvalue weighted by atomic mass is 9.95. The van der Waals surface area contributed by atoms with E-state index >= 15 is 0 Å². The second-order valence-corrected chi connectivity index (χ2v) is 6.43. The van der Waals surface area contributed by atoms with Gasteiger partial charge in [-0.1, -0.05) is 6.92 Å². The third-order valence-corrected chi connectivity index (χ3v) is 4.27. The lowest BCUT2D eigenvalue weighted by Crippen LogP contribution is -2.50. The van der Waals surface area contributed by atoms with Crippen LogP contribution in [0.2, 0.25) is 0 Å². The van der Waals surface area contributed by atoms with E-state index in [1.54, 1.807) is 0 Å². The summed E-state index contributed by atoms with van der Waals surface area (Å²) in [4.78, 5) is 14.0. The highest BCUT2D eigenvalue weighted by atomic mass is 16.4. The molecule has 4 heteroatoms. The average Bonchev–Trinajstić information content (AvgIpc) is 3.22. The van der Waals surface area contributed by atoms with Crippen LogP contribution in [0.1, 0.15) is 58.8 Å². The van der Waals surface area contributed by atoms with Gasteiger partial charge in [-0.15, -0.1) is 0 Å². The van der Waals surface area contributed by atoms with E-state index in [1.165, 1.54) is 19.3 Å². The maximum atomic E-state index is 11.5. The number of nitrogens with zero attached hydrogens (tertiary/aromatic N) is 1. The molecular formula is C15H28N2O2. The fraction of sp³-hybridized carbons (Fsp3) is 0.933. The van der Waals surface area contributed by atoms with Crippen LogP contribution in [0.15, 0.2) is 0 Å². The molecule has 2 saturated carbocycles. The molecule has 0 aliphatic heterocycles. The molecule has 1 atom stereocenters. The average molecular weight is 268 g/mol. The summed E-state index contributed by atoms with van der Waals surface area (Å²) in [5.74, 6) is -0.701. The van der Waals surface area contributed by atoms with Crippen molar-refractivity contribution in [2.45, 2.75) is 76.4 Å². The van der Waals surface area contributed by atoms with Gasteiger partial charge in [0.25, 0.3) is 0 Å². The van der Waals surface area contributed by atoms with Gasteiger partial charge in [0, 0.05) is 12.1 Å². The third-order valence-electron chi connectivity index (χ3n) is 4.27. The van der Waals surface area contributed by atoms with Gasteiger partial charge in [0.05, 0.1) is 0 Å². The topological polar surface area (TPSA) is 52.6 Å². The first-order valence-corrected chi connectivity index (χ1v) is 7.80. The molecule has 2 fully saturated rings. The van der Waals surface area contributed by atoms with E-state index in [1.807, 2.05) is 6.92 Å². The van der Waals surface area contributed by atoms with Crippen molar-refractivity contribution in [1.29, 1.82) is 0 Å². The molecule has 1 unspecified atom stereocenters. The van der Waals surface area contributed by atoms with Gasteiger partial charge in [0.15, 0.2) is 0 Å². The minimum atomic E-state index is -0.734.